The second-order valence-corrected chi connectivity index (χ2v) is 5.45. The summed E-state index contributed by atoms with van der Waals surface area (Å²) < 4.78 is 5.15. The Hall–Kier alpha value is -1.42. The van der Waals surface area contributed by atoms with Crippen molar-refractivity contribution in [1.82, 2.24) is 9.97 Å². The minimum Gasteiger partial charge on any atom is -0.497 e. The van der Waals surface area contributed by atoms with E-state index in [1.54, 1.807) is 18.9 Å². The van der Waals surface area contributed by atoms with Crippen LogP contribution in [0.25, 0.3) is 0 Å². The number of nitrogens with zero attached hydrogens (tertiary/aromatic N) is 1. The van der Waals surface area contributed by atoms with E-state index in [9.17, 15) is 0 Å². The number of nitrogens with one attached hydrogen (secondary N) is 1. The van der Waals surface area contributed by atoms with Gasteiger partial charge in [-0.05, 0) is 24.1 Å². The quantitative estimate of drug-likeness (QED) is 0.775. The van der Waals surface area contributed by atoms with E-state index in [1.165, 1.54) is 18.4 Å². The minimum atomic E-state index is 0.900. The number of hydrogen-bond acceptors (Lipinski definition) is 3. The van der Waals surface area contributed by atoms with Crippen LogP contribution >= 0.6 is 11.8 Å². The third-order valence-electron chi connectivity index (χ3n) is 2.93. The first-order valence-electron chi connectivity index (χ1n) is 6.61. The van der Waals surface area contributed by atoms with Gasteiger partial charge in [-0.25, -0.2) is 4.98 Å². The molecule has 0 spiro atoms. The molecule has 4 heteroatoms. The van der Waals surface area contributed by atoms with Gasteiger partial charge in [-0.1, -0.05) is 25.5 Å². The molecule has 1 N–H and O–H groups in total. The predicted octanol–water partition coefficient (Wildman–Crippen LogP) is 4.05. The van der Waals surface area contributed by atoms with Crippen LogP contribution in [0, 0.1) is 0 Å². The van der Waals surface area contributed by atoms with Gasteiger partial charge in [0.25, 0.3) is 0 Å². The predicted molar refractivity (Wildman–Crippen MR) is 79.8 cm³/mol. The van der Waals surface area contributed by atoms with Crippen LogP contribution in [-0.2, 0) is 12.2 Å². The highest BCUT2D eigenvalue weighted by Gasteiger charge is 2.02. The summed E-state index contributed by atoms with van der Waals surface area (Å²) in [5.41, 5.74) is 1.29. The number of hydrogen-bond donors (Lipinski definition) is 1. The molecule has 0 saturated heterocycles. The van der Waals surface area contributed by atoms with E-state index < -0.39 is 0 Å². The molecule has 0 radical (unpaired) electrons. The van der Waals surface area contributed by atoms with Crippen LogP contribution in [-0.4, -0.2) is 17.1 Å². The normalized spacial score (nSPS) is 10.6. The van der Waals surface area contributed by atoms with Gasteiger partial charge in [0, 0.05) is 12.2 Å². The van der Waals surface area contributed by atoms with E-state index in [1.807, 2.05) is 18.3 Å². The molecule has 1 aromatic carbocycles. The Morgan fingerprint density at radius 3 is 2.74 bits per heavy atom. The summed E-state index contributed by atoms with van der Waals surface area (Å²) in [4.78, 5) is 7.76. The number of ether oxygens (including phenoxy) is 1. The van der Waals surface area contributed by atoms with Gasteiger partial charge in [-0.15, -0.1) is 11.8 Å². The number of rotatable bonds is 7. The van der Waals surface area contributed by atoms with E-state index in [4.69, 9.17) is 4.74 Å². The molecule has 0 amide bonds. The number of benzene rings is 1. The molecule has 0 atom stereocenters. The van der Waals surface area contributed by atoms with Gasteiger partial charge in [-0.2, -0.15) is 0 Å². The van der Waals surface area contributed by atoms with Crippen LogP contribution in [0.3, 0.4) is 0 Å². The van der Waals surface area contributed by atoms with Gasteiger partial charge < -0.3 is 9.72 Å². The maximum Gasteiger partial charge on any atom is 0.118 e. The number of H-pyrrole nitrogens is 1. The average molecular weight is 276 g/mol. The van der Waals surface area contributed by atoms with Crippen molar-refractivity contribution < 1.29 is 4.74 Å². The van der Waals surface area contributed by atoms with Crippen molar-refractivity contribution >= 4 is 11.8 Å². The van der Waals surface area contributed by atoms with Crippen LogP contribution < -0.4 is 4.74 Å². The molecule has 2 aromatic rings. The fourth-order valence-corrected chi connectivity index (χ4v) is 2.60. The van der Waals surface area contributed by atoms with Crippen molar-refractivity contribution in [2.24, 2.45) is 0 Å². The molecular weight excluding hydrogens is 256 g/mol. The maximum absolute atomic E-state index is 5.15. The third kappa shape index (κ3) is 4.31. The molecule has 102 valence electrons. The molecule has 0 aliphatic heterocycles. The Kier molecular flexibility index (Phi) is 5.33. The lowest BCUT2D eigenvalue weighted by Crippen LogP contribution is -1.87. The molecular formula is C15H20N2OS. The second-order valence-electron chi connectivity index (χ2n) is 4.43. The number of unbranched alkanes of at least 4 members (excludes halogenated alkanes) is 1. The summed E-state index contributed by atoms with van der Waals surface area (Å²) >= 11 is 1.78. The van der Waals surface area contributed by atoms with E-state index in [2.05, 4.69) is 29.0 Å². The van der Waals surface area contributed by atoms with Gasteiger partial charge in [0.15, 0.2) is 0 Å². The van der Waals surface area contributed by atoms with E-state index in [0.717, 1.165) is 28.8 Å². The highest BCUT2D eigenvalue weighted by molar-refractivity contribution is 7.98. The highest BCUT2D eigenvalue weighted by atomic mass is 32.2. The summed E-state index contributed by atoms with van der Waals surface area (Å²) in [6.45, 7) is 2.20. The van der Waals surface area contributed by atoms with Crippen LogP contribution in [0.1, 0.15) is 31.2 Å². The summed E-state index contributed by atoms with van der Waals surface area (Å²) in [6, 6.07) is 8.19. The monoisotopic (exact) mass is 276 g/mol. The van der Waals surface area contributed by atoms with Crippen molar-refractivity contribution in [3.8, 4) is 5.75 Å². The summed E-state index contributed by atoms with van der Waals surface area (Å²) in [6.07, 6.45) is 5.36. The molecule has 0 unspecified atom stereocenters. The summed E-state index contributed by atoms with van der Waals surface area (Å²) in [7, 11) is 1.69. The van der Waals surface area contributed by atoms with E-state index in [-0.39, 0.29) is 0 Å². The van der Waals surface area contributed by atoms with Crippen LogP contribution in [0.5, 0.6) is 5.75 Å². The Morgan fingerprint density at radius 1 is 1.26 bits per heavy atom. The number of methoxy groups -OCH3 is 1. The van der Waals surface area contributed by atoms with Crippen molar-refractivity contribution in [1.29, 1.82) is 0 Å². The fourth-order valence-electron chi connectivity index (χ4n) is 1.77. The van der Waals surface area contributed by atoms with Crippen molar-refractivity contribution in [3.05, 3.63) is 41.9 Å². The zero-order valence-electron chi connectivity index (χ0n) is 11.5. The lowest BCUT2D eigenvalue weighted by Gasteiger charge is -2.02. The number of aryl methyl sites for hydroxylation is 1. The number of thioether (sulfide) groups is 1. The van der Waals surface area contributed by atoms with Gasteiger partial charge in [0.05, 0.1) is 18.3 Å². The molecule has 3 nitrogen and oxygen atoms in total. The SMILES string of the molecule is CCCCc1ncc(SCc2ccc(OC)cc2)[nH]1. The molecule has 0 aliphatic rings. The smallest absolute Gasteiger partial charge is 0.118 e. The van der Waals surface area contributed by atoms with Gasteiger partial charge in [0.2, 0.25) is 0 Å². The molecule has 1 aromatic heterocycles. The van der Waals surface area contributed by atoms with E-state index >= 15 is 0 Å². The molecule has 0 bridgehead atoms. The Morgan fingerprint density at radius 2 is 2.05 bits per heavy atom. The van der Waals surface area contributed by atoms with Crippen molar-refractivity contribution in [2.45, 2.75) is 37.0 Å². The highest BCUT2D eigenvalue weighted by Crippen LogP contribution is 2.22. The largest absolute Gasteiger partial charge is 0.497 e. The molecule has 1 heterocycles. The standard InChI is InChI=1S/C15H20N2OS/c1-3-4-5-14-16-10-15(17-14)19-11-12-6-8-13(18-2)9-7-12/h6-10H,3-5,11H2,1-2H3,(H,16,17). The van der Waals surface area contributed by atoms with Crippen LogP contribution in [0.4, 0.5) is 0 Å². The Bertz CT molecular complexity index is 493. The topological polar surface area (TPSA) is 37.9 Å². The third-order valence-corrected chi connectivity index (χ3v) is 3.92. The minimum absolute atomic E-state index is 0.900. The van der Waals surface area contributed by atoms with E-state index in [0.29, 0.717) is 0 Å². The molecule has 0 saturated carbocycles. The molecule has 19 heavy (non-hydrogen) atoms. The second kappa shape index (κ2) is 7.24. The maximum atomic E-state index is 5.15. The lowest BCUT2D eigenvalue weighted by molar-refractivity contribution is 0.414. The van der Waals surface area contributed by atoms with Gasteiger partial charge >= 0.3 is 0 Å². The number of imidazole rings is 1. The first kappa shape index (κ1) is 14.0. The van der Waals surface area contributed by atoms with Crippen molar-refractivity contribution in [2.75, 3.05) is 7.11 Å². The first-order valence-corrected chi connectivity index (χ1v) is 7.60. The number of aromatic nitrogens is 2. The first-order chi connectivity index (χ1) is 9.31. The van der Waals surface area contributed by atoms with Gasteiger partial charge in [-0.3, -0.25) is 0 Å². The average Bonchev–Trinajstić information content (AvgIpc) is 2.91. The van der Waals surface area contributed by atoms with Crippen LogP contribution in [0.2, 0.25) is 0 Å². The molecule has 2 rings (SSSR count). The molecule has 0 aliphatic carbocycles. The van der Waals surface area contributed by atoms with Gasteiger partial charge in [0.1, 0.15) is 11.6 Å². The Labute approximate surface area is 118 Å². The summed E-state index contributed by atoms with van der Waals surface area (Å²) in [5.74, 6) is 2.94. The molecule has 0 fully saturated rings. The lowest BCUT2D eigenvalue weighted by atomic mass is 10.2. The zero-order valence-corrected chi connectivity index (χ0v) is 12.3. The van der Waals surface area contributed by atoms with Crippen LogP contribution in [0.15, 0.2) is 35.5 Å². The zero-order chi connectivity index (χ0) is 13.5. The summed E-state index contributed by atoms with van der Waals surface area (Å²) in [5, 5.41) is 1.14. The van der Waals surface area contributed by atoms with Crippen molar-refractivity contribution in [3.63, 3.8) is 0 Å². The Balaban J connectivity index is 1.85. The fraction of sp³-hybridized carbons (Fsp3) is 0.400. The number of aromatic amines is 1.